The molecule has 3 fully saturated rings. The fourth-order valence-electron chi connectivity index (χ4n) is 3.43. The van der Waals surface area contributed by atoms with Gasteiger partial charge in [0.1, 0.15) is 0 Å². The lowest BCUT2D eigenvalue weighted by Crippen LogP contribution is -2.57. The minimum atomic E-state index is -0.230. The van der Waals surface area contributed by atoms with Crippen LogP contribution in [0.25, 0.3) is 0 Å². The molecule has 0 aromatic rings. The van der Waals surface area contributed by atoms with Crippen molar-refractivity contribution in [3.63, 3.8) is 0 Å². The first kappa shape index (κ1) is 14.6. The van der Waals surface area contributed by atoms with E-state index in [0.717, 1.165) is 12.8 Å². The largest absolute Gasteiger partial charge is 0.376 e. The number of fused-ring (bicyclic) bond motifs is 1. The average molecular weight is 297 g/mol. The second-order valence-electron chi connectivity index (χ2n) is 6.15. The lowest BCUT2D eigenvalue weighted by molar-refractivity contribution is -0.176. The van der Waals surface area contributed by atoms with Gasteiger partial charge in [-0.3, -0.25) is 9.63 Å². The topological polar surface area (TPSA) is 62.3 Å². The van der Waals surface area contributed by atoms with Crippen molar-refractivity contribution < 1.29 is 19.2 Å². The molecule has 3 heterocycles. The molecular formula is C14H23N3O4. The van der Waals surface area contributed by atoms with E-state index in [9.17, 15) is 9.59 Å². The van der Waals surface area contributed by atoms with E-state index in [1.54, 1.807) is 23.9 Å². The molecule has 3 saturated heterocycles. The van der Waals surface area contributed by atoms with E-state index in [2.05, 4.69) is 0 Å². The zero-order chi connectivity index (χ0) is 15.0. The Bertz CT molecular complexity index is 422. The molecule has 0 aliphatic carbocycles. The maximum Gasteiger partial charge on any atom is 0.319 e. The van der Waals surface area contributed by atoms with Crippen LogP contribution in [-0.2, 0) is 14.4 Å². The highest BCUT2D eigenvalue weighted by molar-refractivity contribution is 5.80. The predicted octanol–water partition coefficient (Wildman–Crippen LogP) is 0.311. The minimum Gasteiger partial charge on any atom is -0.376 e. The Morgan fingerprint density at radius 1 is 1.24 bits per heavy atom. The van der Waals surface area contributed by atoms with Crippen LogP contribution < -0.4 is 0 Å². The minimum absolute atomic E-state index is 0.0157. The number of urea groups is 1. The van der Waals surface area contributed by atoms with E-state index < -0.39 is 0 Å². The Morgan fingerprint density at radius 2 is 2.05 bits per heavy atom. The molecule has 3 rings (SSSR count). The molecule has 3 aliphatic rings. The predicted molar refractivity (Wildman–Crippen MR) is 74.3 cm³/mol. The smallest absolute Gasteiger partial charge is 0.319 e. The molecule has 0 aromatic carbocycles. The summed E-state index contributed by atoms with van der Waals surface area (Å²) in [5.74, 6) is -0.246. The Labute approximate surface area is 124 Å². The fraction of sp³-hybridized carbons (Fsp3) is 0.857. The summed E-state index contributed by atoms with van der Waals surface area (Å²) in [4.78, 5) is 33.6. The van der Waals surface area contributed by atoms with Crippen molar-refractivity contribution in [1.82, 2.24) is 14.9 Å². The van der Waals surface area contributed by atoms with Crippen LogP contribution in [0.5, 0.6) is 0 Å². The van der Waals surface area contributed by atoms with Gasteiger partial charge in [0.25, 0.3) is 5.91 Å². The van der Waals surface area contributed by atoms with Gasteiger partial charge in [0.05, 0.1) is 31.2 Å². The molecule has 7 nitrogen and oxygen atoms in total. The van der Waals surface area contributed by atoms with Gasteiger partial charge in [0, 0.05) is 27.2 Å². The second kappa shape index (κ2) is 5.81. The van der Waals surface area contributed by atoms with E-state index in [-0.39, 0.29) is 30.0 Å². The zero-order valence-corrected chi connectivity index (χ0v) is 12.7. The molecular weight excluding hydrogens is 274 g/mol. The van der Waals surface area contributed by atoms with Crippen molar-refractivity contribution in [2.24, 2.45) is 5.92 Å². The molecule has 0 N–H and O–H groups in total. The van der Waals surface area contributed by atoms with Gasteiger partial charge < -0.3 is 14.5 Å². The number of rotatable bonds is 1. The molecule has 0 radical (unpaired) electrons. The fourth-order valence-corrected chi connectivity index (χ4v) is 3.43. The molecule has 3 atom stereocenters. The molecule has 0 saturated carbocycles. The summed E-state index contributed by atoms with van der Waals surface area (Å²) < 4.78 is 5.74. The number of likely N-dealkylation sites (tertiary alicyclic amines) is 1. The lowest BCUT2D eigenvalue weighted by atomic mass is 9.89. The molecule has 3 amide bonds. The summed E-state index contributed by atoms with van der Waals surface area (Å²) >= 11 is 0. The van der Waals surface area contributed by atoms with E-state index in [0.29, 0.717) is 32.7 Å². The first-order chi connectivity index (χ1) is 10.1. The summed E-state index contributed by atoms with van der Waals surface area (Å²) in [7, 11) is 3.48. The Hall–Kier alpha value is -1.34. The van der Waals surface area contributed by atoms with Crippen LogP contribution in [0.2, 0.25) is 0 Å². The lowest BCUT2D eigenvalue weighted by Gasteiger charge is -2.41. The SMILES string of the molecule is CN(C)C(=O)N1C[C@@H](C(=O)N2CCCO2)C[C@H]2OCC[C@H]21. The average Bonchev–Trinajstić information content (AvgIpc) is 3.15. The number of hydrogen-bond donors (Lipinski definition) is 0. The number of amides is 3. The third-order valence-electron chi connectivity index (χ3n) is 4.48. The molecule has 0 bridgehead atoms. The maximum atomic E-state index is 12.5. The van der Waals surface area contributed by atoms with Gasteiger partial charge in [0.15, 0.2) is 0 Å². The van der Waals surface area contributed by atoms with Crippen LogP contribution >= 0.6 is 0 Å². The van der Waals surface area contributed by atoms with E-state index in [1.807, 2.05) is 0 Å². The van der Waals surface area contributed by atoms with Crippen LogP contribution in [0.3, 0.4) is 0 Å². The van der Waals surface area contributed by atoms with Crippen molar-refractivity contribution in [3.05, 3.63) is 0 Å². The Kier molecular flexibility index (Phi) is 4.03. The molecule has 0 aromatic heterocycles. The summed E-state index contributed by atoms with van der Waals surface area (Å²) in [6.45, 7) is 2.36. The summed E-state index contributed by atoms with van der Waals surface area (Å²) in [6, 6.07) is 0.0544. The van der Waals surface area contributed by atoms with Gasteiger partial charge in [-0.2, -0.15) is 0 Å². The second-order valence-corrected chi connectivity index (χ2v) is 6.15. The van der Waals surface area contributed by atoms with Gasteiger partial charge in [0.2, 0.25) is 0 Å². The van der Waals surface area contributed by atoms with Crippen molar-refractivity contribution in [3.8, 4) is 0 Å². The summed E-state index contributed by atoms with van der Waals surface area (Å²) in [5, 5.41) is 1.46. The van der Waals surface area contributed by atoms with E-state index >= 15 is 0 Å². The number of piperidine rings is 1. The Morgan fingerprint density at radius 3 is 2.71 bits per heavy atom. The first-order valence-electron chi connectivity index (χ1n) is 7.61. The number of hydroxylamine groups is 2. The molecule has 0 spiro atoms. The van der Waals surface area contributed by atoms with Crippen LogP contribution in [0.1, 0.15) is 19.3 Å². The Balaban J connectivity index is 1.74. The number of hydrogen-bond acceptors (Lipinski definition) is 4. The van der Waals surface area contributed by atoms with E-state index in [4.69, 9.17) is 9.57 Å². The number of carbonyl (C=O) groups is 2. The molecule has 21 heavy (non-hydrogen) atoms. The van der Waals surface area contributed by atoms with Gasteiger partial charge in [-0.1, -0.05) is 0 Å². The van der Waals surface area contributed by atoms with Crippen molar-refractivity contribution in [2.75, 3.05) is 40.4 Å². The van der Waals surface area contributed by atoms with Crippen LogP contribution in [0.15, 0.2) is 0 Å². The van der Waals surface area contributed by atoms with Crippen LogP contribution in [0.4, 0.5) is 4.79 Å². The van der Waals surface area contributed by atoms with Gasteiger partial charge >= 0.3 is 6.03 Å². The van der Waals surface area contributed by atoms with Crippen LogP contribution in [0, 0.1) is 5.92 Å². The standard InChI is InChI=1S/C14H23N3O4/c1-15(2)14(19)16-9-10(8-12-11(16)4-7-20-12)13(18)17-5-3-6-21-17/h10-12H,3-9H2,1-2H3/t10-,11+,12+/m0/s1. The number of ether oxygens (including phenoxy) is 1. The highest BCUT2D eigenvalue weighted by atomic mass is 16.7. The summed E-state index contributed by atoms with van der Waals surface area (Å²) in [5.41, 5.74) is 0. The van der Waals surface area contributed by atoms with Crippen molar-refractivity contribution in [1.29, 1.82) is 0 Å². The highest BCUT2D eigenvalue weighted by Gasteiger charge is 2.45. The normalized spacial score (nSPS) is 32.2. The van der Waals surface area contributed by atoms with Crippen LogP contribution in [-0.4, -0.2) is 79.3 Å². The number of carbonyl (C=O) groups excluding carboxylic acids is 2. The van der Waals surface area contributed by atoms with Gasteiger partial charge in [-0.15, -0.1) is 0 Å². The molecule has 0 unspecified atom stereocenters. The quantitative estimate of drug-likeness (QED) is 0.699. The van der Waals surface area contributed by atoms with E-state index in [1.165, 1.54) is 5.06 Å². The van der Waals surface area contributed by atoms with Crippen molar-refractivity contribution >= 4 is 11.9 Å². The van der Waals surface area contributed by atoms with Crippen molar-refractivity contribution in [2.45, 2.75) is 31.4 Å². The molecule has 118 valence electrons. The summed E-state index contributed by atoms with van der Waals surface area (Å²) in [6.07, 6.45) is 2.38. The highest BCUT2D eigenvalue weighted by Crippen LogP contribution is 2.33. The maximum absolute atomic E-state index is 12.5. The number of nitrogens with zero attached hydrogens (tertiary/aromatic N) is 3. The molecule has 7 heteroatoms. The first-order valence-corrected chi connectivity index (χ1v) is 7.61. The monoisotopic (exact) mass is 297 g/mol. The van der Waals surface area contributed by atoms with Gasteiger partial charge in [-0.05, 0) is 19.3 Å². The third-order valence-corrected chi connectivity index (χ3v) is 4.48. The molecule has 3 aliphatic heterocycles. The van der Waals surface area contributed by atoms with Gasteiger partial charge in [-0.25, -0.2) is 9.86 Å². The third kappa shape index (κ3) is 2.72. The zero-order valence-electron chi connectivity index (χ0n) is 12.7.